The van der Waals surface area contributed by atoms with E-state index in [4.69, 9.17) is 4.74 Å². The highest BCUT2D eigenvalue weighted by Gasteiger charge is 2.29. The molecule has 3 rings (SSSR count). The van der Waals surface area contributed by atoms with Crippen molar-refractivity contribution in [2.24, 2.45) is 0 Å². The highest BCUT2D eigenvalue weighted by atomic mass is 32.2. The van der Waals surface area contributed by atoms with E-state index in [1.54, 1.807) is 40.8 Å². The number of nitrogens with zero attached hydrogens (tertiary/aromatic N) is 2. The number of piperidine rings is 1. The van der Waals surface area contributed by atoms with Crippen molar-refractivity contribution in [2.45, 2.75) is 57.1 Å². The number of amides is 1. The number of aromatic nitrogens is 2. The first-order chi connectivity index (χ1) is 13.9. The molecule has 2 aromatic rings. The van der Waals surface area contributed by atoms with Crippen LogP contribution in [0.15, 0.2) is 34.0 Å². The molecule has 164 valence electrons. The molecule has 0 radical (unpaired) electrons. The van der Waals surface area contributed by atoms with Crippen molar-refractivity contribution < 1.29 is 17.9 Å². The van der Waals surface area contributed by atoms with Crippen LogP contribution in [0.3, 0.4) is 0 Å². The lowest BCUT2D eigenvalue weighted by Gasteiger charge is -2.33. The summed E-state index contributed by atoms with van der Waals surface area (Å²) in [5, 5.41) is 3.20. The third kappa shape index (κ3) is 4.77. The predicted molar refractivity (Wildman–Crippen MR) is 114 cm³/mol. The molecule has 0 spiro atoms. The molecule has 0 saturated carbocycles. The van der Waals surface area contributed by atoms with E-state index in [1.165, 1.54) is 0 Å². The molecule has 1 aliphatic rings. The number of sulfone groups is 1. The molecule has 2 heterocycles. The van der Waals surface area contributed by atoms with Gasteiger partial charge in [0, 0.05) is 24.9 Å². The van der Waals surface area contributed by atoms with Crippen LogP contribution >= 0.6 is 0 Å². The summed E-state index contributed by atoms with van der Waals surface area (Å²) in [6, 6.07) is 6.44. The summed E-state index contributed by atoms with van der Waals surface area (Å²) < 4.78 is 30.4. The van der Waals surface area contributed by atoms with Gasteiger partial charge in [0.05, 0.1) is 16.6 Å². The Morgan fingerprint density at radius 3 is 2.20 bits per heavy atom. The number of H-pyrrole nitrogens is 1. The molecule has 9 heteroatoms. The molecular weight excluding hydrogens is 406 g/mol. The molecule has 1 amide bonds. The maximum Gasteiger partial charge on any atom is 0.410 e. The summed E-state index contributed by atoms with van der Waals surface area (Å²) in [7, 11) is -3.28. The van der Waals surface area contributed by atoms with Gasteiger partial charge in [-0.1, -0.05) is 12.1 Å². The Morgan fingerprint density at radius 1 is 1.13 bits per heavy atom. The Labute approximate surface area is 176 Å². The summed E-state index contributed by atoms with van der Waals surface area (Å²) in [4.78, 5) is 27.0. The van der Waals surface area contributed by atoms with Crippen molar-refractivity contribution in [1.29, 1.82) is 0 Å². The Hall–Kier alpha value is -2.55. The second-order valence-electron chi connectivity index (χ2n) is 8.78. The molecule has 0 atom stereocenters. The molecule has 1 aromatic carbocycles. The Kier molecular flexibility index (Phi) is 5.86. The topological polar surface area (TPSA) is 101 Å². The molecule has 1 saturated heterocycles. The molecule has 1 aromatic heterocycles. The smallest absolute Gasteiger partial charge is 0.410 e. The van der Waals surface area contributed by atoms with E-state index < -0.39 is 15.4 Å². The zero-order chi connectivity index (χ0) is 22.3. The van der Waals surface area contributed by atoms with Crippen molar-refractivity contribution in [2.75, 3.05) is 19.3 Å². The van der Waals surface area contributed by atoms with Crippen LogP contribution in [-0.2, 0) is 14.6 Å². The van der Waals surface area contributed by atoms with Gasteiger partial charge in [0.1, 0.15) is 5.60 Å². The van der Waals surface area contributed by atoms with Crippen LogP contribution in [0, 0.1) is 6.92 Å². The normalized spacial score (nSPS) is 16.0. The fourth-order valence-electron chi connectivity index (χ4n) is 3.58. The maximum absolute atomic E-state index is 12.8. The summed E-state index contributed by atoms with van der Waals surface area (Å²) in [6.45, 7) is 8.30. The lowest BCUT2D eigenvalue weighted by atomic mass is 10.1. The third-order valence-electron chi connectivity index (χ3n) is 5.20. The summed E-state index contributed by atoms with van der Waals surface area (Å²) in [6.07, 6.45) is 2.12. The molecular formula is C21H29N3O5S. The zero-order valence-electron chi connectivity index (χ0n) is 18.1. The second-order valence-corrected chi connectivity index (χ2v) is 10.8. The van der Waals surface area contributed by atoms with Crippen LogP contribution in [0.25, 0.3) is 11.3 Å². The number of aromatic amines is 1. The number of rotatable bonds is 3. The van der Waals surface area contributed by atoms with Gasteiger partial charge < -0.3 is 9.64 Å². The molecule has 1 aliphatic heterocycles. The van der Waals surface area contributed by atoms with Crippen LogP contribution in [0.2, 0.25) is 0 Å². The van der Waals surface area contributed by atoms with Gasteiger partial charge in [0.15, 0.2) is 9.84 Å². The minimum atomic E-state index is -3.28. The first-order valence-electron chi connectivity index (χ1n) is 9.96. The van der Waals surface area contributed by atoms with Gasteiger partial charge in [0.25, 0.3) is 5.56 Å². The predicted octanol–water partition coefficient (Wildman–Crippen LogP) is 3.13. The van der Waals surface area contributed by atoms with Crippen LogP contribution in [0.1, 0.15) is 45.2 Å². The van der Waals surface area contributed by atoms with E-state index >= 15 is 0 Å². The quantitative estimate of drug-likeness (QED) is 0.798. The number of carbonyl (C=O) groups excluding carboxylic acids is 1. The van der Waals surface area contributed by atoms with Gasteiger partial charge in [-0.2, -0.15) is 0 Å². The monoisotopic (exact) mass is 435 g/mol. The average Bonchev–Trinajstić information content (AvgIpc) is 2.95. The molecule has 1 N–H and O–H groups in total. The van der Waals surface area contributed by atoms with E-state index in [-0.39, 0.29) is 22.6 Å². The number of likely N-dealkylation sites (tertiary alicyclic amines) is 1. The van der Waals surface area contributed by atoms with Gasteiger partial charge in [-0.25, -0.2) is 17.9 Å². The van der Waals surface area contributed by atoms with Crippen LogP contribution < -0.4 is 5.56 Å². The van der Waals surface area contributed by atoms with Crippen LogP contribution in [0.5, 0.6) is 0 Å². The average molecular weight is 436 g/mol. The highest BCUT2D eigenvalue weighted by molar-refractivity contribution is 7.90. The van der Waals surface area contributed by atoms with Crippen LogP contribution in [0.4, 0.5) is 4.79 Å². The maximum atomic E-state index is 12.8. The van der Waals surface area contributed by atoms with Gasteiger partial charge in [-0.05, 0) is 58.2 Å². The first-order valence-corrected chi connectivity index (χ1v) is 11.9. The highest BCUT2D eigenvalue weighted by Crippen LogP contribution is 2.26. The van der Waals surface area contributed by atoms with E-state index in [2.05, 4.69) is 5.10 Å². The second kappa shape index (κ2) is 7.94. The van der Waals surface area contributed by atoms with Crippen LogP contribution in [-0.4, -0.2) is 54.1 Å². The third-order valence-corrected chi connectivity index (χ3v) is 6.33. The molecule has 30 heavy (non-hydrogen) atoms. The number of ether oxygens (including phenoxy) is 1. The van der Waals surface area contributed by atoms with E-state index in [0.717, 1.165) is 11.8 Å². The largest absolute Gasteiger partial charge is 0.444 e. The fourth-order valence-corrected chi connectivity index (χ4v) is 4.21. The zero-order valence-corrected chi connectivity index (χ0v) is 18.9. The van der Waals surface area contributed by atoms with Crippen molar-refractivity contribution in [3.8, 4) is 11.3 Å². The number of benzene rings is 1. The molecule has 0 bridgehead atoms. The van der Waals surface area contributed by atoms with E-state index in [9.17, 15) is 18.0 Å². The SMILES string of the molecule is Cc1c(-c2ccc(S(C)(=O)=O)cc2)[nH]n(C2CCN(C(=O)OC(C)(C)C)CC2)c1=O. The minimum absolute atomic E-state index is 0.0427. The first kappa shape index (κ1) is 22.1. The van der Waals surface area contributed by atoms with Crippen molar-refractivity contribution in [1.82, 2.24) is 14.7 Å². The minimum Gasteiger partial charge on any atom is -0.444 e. The van der Waals surface area contributed by atoms with E-state index in [0.29, 0.717) is 37.2 Å². The van der Waals surface area contributed by atoms with E-state index in [1.807, 2.05) is 20.8 Å². The molecule has 0 aliphatic carbocycles. The number of nitrogens with one attached hydrogen (secondary N) is 1. The lowest BCUT2D eigenvalue weighted by molar-refractivity contribution is 0.0184. The Balaban J connectivity index is 1.77. The molecule has 8 nitrogen and oxygen atoms in total. The number of hydrogen-bond acceptors (Lipinski definition) is 5. The summed E-state index contributed by atoms with van der Waals surface area (Å²) >= 11 is 0. The number of hydrogen-bond donors (Lipinski definition) is 1. The van der Waals surface area contributed by atoms with Gasteiger partial charge in [-0.3, -0.25) is 9.89 Å². The standard InChI is InChI=1S/C21H29N3O5S/c1-14-18(15-6-8-17(9-7-15)30(5,27)28)22-24(19(14)25)16-10-12-23(13-11-16)20(26)29-21(2,3)4/h6-9,16,22H,10-13H2,1-5H3. The lowest BCUT2D eigenvalue weighted by Crippen LogP contribution is -2.43. The van der Waals surface area contributed by atoms with Gasteiger partial charge in [-0.15, -0.1) is 0 Å². The Morgan fingerprint density at radius 2 is 1.70 bits per heavy atom. The number of carbonyl (C=O) groups is 1. The van der Waals surface area contributed by atoms with Gasteiger partial charge >= 0.3 is 6.09 Å². The summed E-state index contributed by atoms with van der Waals surface area (Å²) in [5.74, 6) is 0. The van der Waals surface area contributed by atoms with Crippen molar-refractivity contribution in [3.05, 3.63) is 40.2 Å². The van der Waals surface area contributed by atoms with Gasteiger partial charge in [0.2, 0.25) is 0 Å². The van der Waals surface area contributed by atoms with Crippen molar-refractivity contribution in [3.63, 3.8) is 0 Å². The fraction of sp³-hybridized carbons (Fsp3) is 0.524. The molecule has 1 fully saturated rings. The Bertz CT molecular complexity index is 1080. The molecule has 0 unspecified atom stereocenters. The van der Waals surface area contributed by atoms with Crippen molar-refractivity contribution >= 4 is 15.9 Å². The summed E-state index contributed by atoms with van der Waals surface area (Å²) in [5.41, 5.74) is 1.37.